The molecule has 0 saturated heterocycles. The van der Waals surface area contributed by atoms with Gasteiger partial charge in [0, 0.05) is 17.8 Å². The summed E-state index contributed by atoms with van der Waals surface area (Å²) in [7, 11) is 0. The zero-order valence-electron chi connectivity index (χ0n) is 12.6. The molecule has 1 aliphatic rings. The molecule has 0 radical (unpaired) electrons. The summed E-state index contributed by atoms with van der Waals surface area (Å²) < 4.78 is 0. The van der Waals surface area contributed by atoms with Gasteiger partial charge < -0.3 is 20.4 Å². The Labute approximate surface area is 139 Å². The average Bonchev–Trinajstić information content (AvgIpc) is 2.54. The third-order valence-corrected chi connectivity index (χ3v) is 4.16. The van der Waals surface area contributed by atoms with E-state index in [9.17, 15) is 15.0 Å². The number of nitrogens with zero attached hydrogens (tertiary/aromatic N) is 1. The lowest BCUT2D eigenvalue weighted by Crippen LogP contribution is -2.43. The van der Waals surface area contributed by atoms with Gasteiger partial charge in [-0.25, -0.2) is 0 Å². The number of hydrogen-bond acceptors (Lipinski definition) is 4. The molecule has 1 aliphatic heterocycles. The number of carbonyl (C=O) groups excluding carboxylic acids is 1. The minimum atomic E-state index is -0.457. The molecule has 0 unspecified atom stereocenters. The van der Waals surface area contributed by atoms with Crippen LogP contribution in [0, 0.1) is 0 Å². The predicted molar refractivity (Wildman–Crippen MR) is 88.9 cm³/mol. The summed E-state index contributed by atoms with van der Waals surface area (Å²) in [5.74, 6) is -0.744. The summed E-state index contributed by atoms with van der Waals surface area (Å²) in [4.78, 5) is 14.5. The molecule has 120 valence electrons. The molecule has 23 heavy (non-hydrogen) atoms. The number of aromatic hydroxyl groups is 2. The van der Waals surface area contributed by atoms with Crippen LogP contribution in [0.4, 0.5) is 5.69 Å². The van der Waals surface area contributed by atoms with Crippen LogP contribution in [0.5, 0.6) is 11.5 Å². The molecule has 1 atom stereocenters. The van der Waals surface area contributed by atoms with Gasteiger partial charge in [0.25, 0.3) is 5.91 Å². The van der Waals surface area contributed by atoms with Crippen LogP contribution in [0.1, 0.15) is 35.4 Å². The van der Waals surface area contributed by atoms with E-state index in [4.69, 9.17) is 11.6 Å². The van der Waals surface area contributed by atoms with Gasteiger partial charge in [-0.2, -0.15) is 0 Å². The molecule has 0 saturated carbocycles. The lowest BCUT2D eigenvalue weighted by molar-refractivity contribution is 0.0683. The topological polar surface area (TPSA) is 72.8 Å². The molecular weight excluding hydrogens is 316 g/mol. The molecule has 5 nitrogen and oxygen atoms in total. The van der Waals surface area contributed by atoms with Crippen LogP contribution >= 0.6 is 11.6 Å². The first-order chi connectivity index (χ1) is 11.0. The number of rotatable bonds is 3. The number of para-hydroxylation sites is 1. The highest BCUT2D eigenvalue weighted by molar-refractivity contribution is 6.32. The average molecular weight is 333 g/mol. The largest absolute Gasteiger partial charge is 0.504 e. The Morgan fingerprint density at radius 2 is 2.00 bits per heavy atom. The molecule has 0 bridgehead atoms. The predicted octanol–water partition coefficient (Wildman–Crippen LogP) is 3.73. The number of nitrogens with one attached hydrogen (secondary N) is 1. The van der Waals surface area contributed by atoms with Crippen molar-refractivity contribution in [1.29, 1.82) is 0 Å². The fourth-order valence-corrected chi connectivity index (χ4v) is 3.01. The van der Waals surface area contributed by atoms with Crippen molar-refractivity contribution in [3.05, 3.63) is 52.5 Å². The Balaban J connectivity index is 2.08. The molecule has 0 aliphatic carbocycles. The smallest absolute Gasteiger partial charge is 0.257 e. The van der Waals surface area contributed by atoms with Crippen molar-refractivity contribution in [3.8, 4) is 11.5 Å². The molecule has 6 heteroatoms. The first-order valence-corrected chi connectivity index (χ1v) is 7.78. The number of benzene rings is 2. The number of anilines is 1. The molecule has 3 rings (SSSR count). The zero-order valence-corrected chi connectivity index (χ0v) is 13.3. The standard InChI is InChI=1S/C17H17ClN2O3/c1-2-7-20-16(10-8-12(18)15(22)14(21)9-10)19-13-6-4-3-5-11(13)17(20)23/h3-6,8-9,16,19,21-22H,2,7H2,1H3/t16-/m1/s1. The van der Waals surface area contributed by atoms with Crippen molar-refractivity contribution in [2.24, 2.45) is 0 Å². The summed E-state index contributed by atoms with van der Waals surface area (Å²) in [6.07, 6.45) is 0.338. The van der Waals surface area contributed by atoms with Gasteiger partial charge >= 0.3 is 0 Å². The lowest BCUT2D eigenvalue weighted by atomic mass is 10.0. The minimum Gasteiger partial charge on any atom is -0.504 e. The highest BCUT2D eigenvalue weighted by Crippen LogP contribution is 2.39. The molecule has 1 amide bonds. The maximum Gasteiger partial charge on any atom is 0.257 e. The number of hydrogen-bond donors (Lipinski definition) is 3. The molecule has 0 spiro atoms. The van der Waals surface area contributed by atoms with Crippen LogP contribution in [-0.2, 0) is 0 Å². The van der Waals surface area contributed by atoms with Crippen molar-refractivity contribution in [3.63, 3.8) is 0 Å². The van der Waals surface area contributed by atoms with E-state index >= 15 is 0 Å². The highest BCUT2D eigenvalue weighted by Gasteiger charge is 2.32. The summed E-state index contributed by atoms with van der Waals surface area (Å²) in [5.41, 5.74) is 1.96. The van der Waals surface area contributed by atoms with E-state index in [1.54, 1.807) is 17.0 Å². The van der Waals surface area contributed by atoms with Gasteiger partial charge in [0.05, 0.1) is 10.6 Å². The Morgan fingerprint density at radius 3 is 2.70 bits per heavy atom. The Kier molecular flexibility index (Phi) is 4.05. The Bertz CT molecular complexity index is 740. The zero-order chi connectivity index (χ0) is 16.6. The minimum absolute atomic E-state index is 0.0459. The molecular formula is C17H17ClN2O3. The summed E-state index contributed by atoms with van der Waals surface area (Å²) in [5, 5.41) is 22.8. The summed E-state index contributed by atoms with van der Waals surface area (Å²) in [6.45, 7) is 2.55. The van der Waals surface area contributed by atoms with Gasteiger partial charge in [0.2, 0.25) is 0 Å². The molecule has 0 aromatic heterocycles. The monoisotopic (exact) mass is 332 g/mol. The lowest BCUT2D eigenvalue weighted by Gasteiger charge is -2.38. The quantitative estimate of drug-likeness (QED) is 0.749. The van der Waals surface area contributed by atoms with E-state index in [0.29, 0.717) is 17.7 Å². The molecule has 2 aromatic rings. The number of carbonyl (C=O) groups is 1. The first-order valence-electron chi connectivity index (χ1n) is 7.40. The van der Waals surface area contributed by atoms with E-state index in [1.807, 2.05) is 25.1 Å². The normalized spacial score (nSPS) is 16.9. The molecule has 2 aromatic carbocycles. The van der Waals surface area contributed by atoms with Crippen LogP contribution in [0.25, 0.3) is 0 Å². The van der Waals surface area contributed by atoms with Gasteiger partial charge in [-0.3, -0.25) is 4.79 Å². The van der Waals surface area contributed by atoms with Crippen molar-refractivity contribution in [2.75, 3.05) is 11.9 Å². The van der Waals surface area contributed by atoms with E-state index < -0.39 is 6.17 Å². The fourth-order valence-electron chi connectivity index (χ4n) is 2.79. The highest BCUT2D eigenvalue weighted by atomic mass is 35.5. The third-order valence-electron chi connectivity index (χ3n) is 3.87. The Hall–Kier alpha value is -2.40. The molecule has 1 heterocycles. The van der Waals surface area contributed by atoms with Crippen molar-refractivity contribution in [1.82, 2.24) is 4.90 Å². The maximum atomic E-state index is 12.8. The van der Waals surface area contributed by atoms with E-state index in [1.165, 1.54) is 6.07 Å². The second-order valence-corrected chi connectivity index (χ2v) is 5.87. The third kappa shape index (κ3) is 2.68. The first kappa shape index (κ1) is 15.5. The van der Waals surface area contributed by atoms with E-state index in [0.717, 1.165) is 12.1 Å². The summed E-state index contributed by atoms with van der Waals surface area (Å²) >= 11 is 5.96. The van der Waals surface area contributed by atoms with Gasteiger partial charge in [-0.1, -0.05) is 30.7 Å². The van der Waals surface area contributed by atoms with E-state index in [2.05, 4.69) is 5.32 Å². The van der Waals surface area contributed by atoms with Crippen molar-refractivity contribution >= 4 is 23.2 Å². The Morgan fingerprint density at radius 1 is 1.26 bits per heavy atom. The number of phenolic OH excluding ortho intramolecular Hbond substituents is 2. The maximum absolute atomic E-state index is 12.8. The van der Waals surface area contributed by atoms with E-state index in [-0.39, 0.29) is 22.4 Å². The summed E-state index contributed by atoms with van der Waals surface area (Å²) in [6, 6.07) is 10.3. The van der Waals surface area contributed by atoms with Crippen molar-refractivity contribution in [2.45, 2.75) is 19.5 Å². The number of amides is 1. The number of halogens is 1. The fraction of sp³-hybridized carbons (Fsp3) is 0.235. The van der Waals surface area contributed by atoms with Gasteiger partial charge in [-0.05, 0) is 30.7 Å². The SMILES string of the molecule is CCCN1C(=O)c2ccccc2N[C@H]1c1cc(O)c(O)c(Cl)c1. The van der Waals surface area contributed by atoms with Gasteiger partial charge in [-0.15, -0.1) is 0 Å². The number of fused-ring (bicyclic) bond motifs is 1. The second-order valence-electron chi connectivity index (χ2n) is 5.46. The van der Waals surface area contributed by atoms with Crippen LogP contribution in [0.2, 0.25) is 5.02 Å². The van der Waals surface area contributed by atoms with Crippen LogP contribution in [-0.4, -0.2) is 27.6 Å². The number of phenols is 2. The van der Waals surface area contributed by atoms with Crippen LogP contribution < -0.4 is 5.32 Å². The molecule has 3 N–H and O–H groups in total. The van der Waals surface area contributed by atoms with Gasteiger partial charge in [0.15, 0.2) is 11.5 Å². The van der Waals surface area contributed by atoms with Crippen molar-refractivity contribution < 1.29 is 15.0 Å². The second kappa shape index (κ2) is 6.01. The molecule has 0 fully saturated rings. The van der Waals surface area contributed by atoms with Crippen LogP contribution in [0.3, 0.4) is 0 Å². The van der Waals surface area contributed by atoms with Gasteiger partial charge in [0.1, 0.15) is 6.17 Å². The van der Waals surface area contributed by atoms with Crippen LogP contribution in [0.15, 0.2) is 36.4 Å².